The molecule has 1 aliphatic rings. The van der Waals surface area contributed by atoms with E-state index in [9.17, 15) is 18.0 Å². The fourth-order valence-corrected chi connectivity index (χ4v) is 3.85. The van der Waals surface area contributed by atoms with Gasteiger partial charge >= 0.3 is 6.18 Å². The van der Waals surface area contributed by atoms with Crippen molar-refractivity contribution in [1.29, 1.82) is 5.26 Å². The zero-order chi connectivity index (χ0) is 22.4. The minimum absolute atomic E-state index is 0. The average Bonchev–Trinajstić information content (AvgIpc) is 3.15. The predicted octanol–water partition coefficient (Wildman–Crippen LogP) is 4.41. The van der Waals surface area contributed by atoms with Crippen LogP contribution in [0.4, 0.5) is 13.2 Å². The first-order valence-electron chi connectivity index (χ1n) is 10.4. The van der Waals surface area contributed by atoms with Gasteiger partial charge in [0.05, 0.1) is 30.2 Å². The fourth-order valence-electron chi connectivity index (χ4n) is 3.85. The number of alkyl halides is 3. The number of nitriles is 1. The van der Waals surface area contributed by atoms with Crippen LogP contribution in [0.15, 0.2) is 36.8 Å². The Morgan fingerprint density at radius 2 is 1.88 bits per heavy atom. The molecule has 182 valence electrons. The number of rotatable bonds is 8. The van der Waals surface area contributed by atoms with Crippen LogP contribution in [0.3, 0.4) is 0 Å². The summed E-state index contributed by atoms with van der Waals surface area (Å²) in [6.45, 7) is 1.89. The summed E-state index contributed by atoms with van der Waals surface area (Å²) in [7, 11) is 0. The number of halogens is 5. The molecule has 0 saturated carbocycles. The van der Waals surface area contributed by atoms with E-state index in [1.165, 1.54) is 0 Å². The monoisotopic (exact) mass is 505 g/mol. The number of piperazine rings is 1. The van der Waals surface area contributed by atoms with Gasteiger partial charge in [0, 0.05) is 31.9 Å². The highest BCUT2D eigenvalue weighted by Crippen LogP contribution is 2.23. The smallest absolute Gasteiger partial charge is 0.331 e. The van der Waals surface area contributed by atoms with Crippen LogP contribution in [0.1, 0.15) is 43.0 Å². The van der Waals surface area contributed by atoms with Crippen molar-refractivity contribution in [3.8, 4) is 6.07 Å². The zero-order valence-corrected chi connectivity index (χ0v) is 19.9. The molecule has 1 aromatic carbocycles. The summed E-state index contributed by atoms with van der Waals surface area (Å²) in [4.78, 5) is 19.5. The van der Waals surface area contributed by atoms with E-state index in [0.717, 1.165) is 35.4 Å². The maximum atomic E-state index is 12.9. The molecule has 33 heavy (non-hydrogen) atoms. The highest BCUT2D eigenvalue weighted by molar-refractivity contribution is 5.85. The van der Waals surface area contributed by atoms with Crippen LogP contribution in [0.5, 0.6) is 0 Å². The molecule has 6 nitrogen and oxygen atoms in total. The number of carbonyl (C=O) groups is 1. The van der Waals surface area contributed by atoms with E-state index in [1.807, 2.05) is 28.5 Å². The Morgan fingerprint density at radius 1 is 1.18 bits per heavy atom. The summed E-state index contributed by atoms with van der Waals surface area (Å²) in [6, 6.07) is 9.24. The summed E-state index contributed by atoms with van der Waals surface area (Å²) in [5.74, 6) is -0.497. The third-order valence-electron chi connectivity index (χ3n) is 5.50. The van der Waals surface area contributed by atoms with Crippen LogP contribution in [-0.2, 0) is 17.9 Å². The molecule has 1 aliphatic heterocycles. The molecule has 0 aliphatic carbocycles. The standard InChI is InChI=1S/C22H26F3N5O.2ClH/c1-2-3-4-19-12-29(15-22(23,24)25)21(31)14-28(19)13-20-10-27-16-30(20)11-18-7-5-17(9-26)6-8-18;;/h5-8,10,16,19H,2-4,11-15H2,1H3;2*1H/t19-;;/m0../s1. The second kappa shape index (κ2) is 12.8. The van der Waals surface area contributed by atoms with Gasteiger partial charge in [-0.25, -0.2) is 4.98 Å². The Hall–Kier alpha value is -2.28. The number of carbonyl (C=O) groups excluding carboxylic acids is 1. The van der Waals surface area contributed by atoms with Crippen LogP contribution < -0.4 is 0 Å². The minimum Gasteiger partial charge on any atom is -0.331 e. The number of imidazole rings is 1. The van der Waals surface area contributed by atoms with Gasteiger partial charge in [0.1, 0.15) is 6.54 Å². The van der Waals surface area contributed by atoms with E-state index in [0.29, 0.717) is 18.7 Å². The van der Waals surface area contributed by atoms with Gasteiger partial charge < -0.3 is 9.47 Å². The van der Waals surface area contributed by atoms with Crippen molar-refractivity contribution in [2.45, 2.75) is 51.5 Å². The number of hydrogen-bond donors (Lipinski definition) is 0. The summed E-state index contributed by atoms with van der Waals surface area (Å²) in [5, 5.41) is 8.94. The van der Waals surface area contributed by atoms with Gasteiger partial charge in [0.25, 0.3) is 0 Å². The van der Waals surface area contributed by atoms with E-state index < -0.39 is 18.6 Å². The lowest BCUT2D eigenvalue weighted by atomic mass is 10.0. The number of amides is 1. The van der Waals surface area contributed by atoms with Gasteiger partial charge in [0.2, 0.25) is 5.91 Å². The Kier molecular flexibility index (Phi) is 11.2. The lowest BCUT2D eigenvalue weighted by Gasteiger charge is -2.41. The van der Waals surface area contributed by atoms with E-state index in [1.54, 1.807) is 24.7 Å². The maximum absolute atomic E-state index is 12.9. The van der Waals surface area contributed by atoms with Crippen molar-refractivity contribution in [3.05, 3.63) is 53.6 Å². The van der Waals surface area contributed by atoms with E-state index in [4.69, 9.17) is 5.26 Å². The Balaban J connectivity index is 0.00000272. The molecular formula is C22H28Cl2F3N5O. The molecule has 1 amide bonds. The van der Waals surface area contributed by atoms with Gasteiger partial charge in [0.15, 0.2) is 0 Å². The van der Waals surface area contributed by atoms with Crippen molar-refractivity contribution >= 4 is 30.7 Å². The highest BCUT2D eigenvalue weighted by atomic mass is 35.5. The molecule has 0 unspecified atom stereocenters. The molecule has 0 radical (unpaired) electrons. The first kappa shape index (κ1) is 28.8. The predicted molar refractivity (Wildman–Crippen MR) is 123 cm³/mol. The molecule has 0 N–H and O–H groups in total. The van der Waals surface area contributed by atoms with Crippen LogP contribution >= 0.6 is 24.8 Å². The number of hydrogen-bond acceptors (Lipinski definition) is 4. The van der Waals surface area contributed by atoms with Crippen LogP contribution in [0, 0.1) is 11.3 Å². The maximum Gasteiger partial charge on any atom is 0.406 e. The average molecular weight is 506 g/mol. The van der Waals surface area contributed by atoms with Gasteiger partial charge in [-0.2, -0.15) is 18.4 Å². The Labute approximate surface area is 204 Å². The summed E-state index contributed by atoms with van der Waals surface area (Å²) < 4.78 is 40.6. The van der Waals surface area contributed by atoms with Gasteiger partial charge in [-0.15, -0.1) is 24.8 Å². The van der Waals surface area contributed by atoms with Gasteiger partial charge in [-0.3, -0.25) is 9.69 Å². The van der Waals surface area contributed by atoms with Gasteiger partial charge in [-0.1, -0.05) is 31.9 Å². The topological polar surface area (TPSA) is 65.2 Å². The molecule has 11 heteroatoms. The molecule has 2 aromatic rings. The summed E-state index contributed by atoms with van der Waals surface area (Å²) in [5.41, 5.74) is 2.48. The molecule has 2 heterocycles. The normalized spacial score (nSPS) is 16.6. The highest BCUT2D eigenvalue weighted by Gasteiger charge is 2.38. The molecule has 1 aromatic heterocycles. The number of aromatic nitrogens is 2. The quantitative estimate of drug-likeness (QED) is 0.532. The van der Waals surface area contributed by atoms with E-state index in [-0.39, 0.29) is 43.9 Å². The molecule has 0 spiro atoms. The number of nitrogens with zero attached hydrogens (tertiary/aromatic N) is 5. The largest absolute Gasteiger partial charge is 0.406 e. The minimum atomic E-state index is -4.40. The lowest BCUT2D eigenvalue weighted by molar-refractivity contribution is -0.168. The summed E-state index contributed by atoms with van der Waals surface area (Å²) >= 11 is 0. The third kappa shape index (κ3) is 8.22. The first-order valence-corrected chi connectivity index (χ1v) is 10.4. The molecule has 3 rings (SSSR count). The van der Waals surface area contributed by atoms with Crippen LogP contribution in [0.2, 0.25) is 0 Å². The molecule has 0 bridgehead atoms. The SMILES string of the molecule is CCCC[C@H]1CN(CC(F)(F)F)C(=O)CN1Cc1cncn1Cc1ccc(C#N)cc1.Cl.Cl. The van der Waals surface area contributed by atoms with Crippen molar-refractivity contribution in [1.82, 2.24) is 19.4 Å². The van der Waals surface area contributed by atoms with Gasteiger partial charge in [-0.05, 0) is 24.1 Å². The first-order chi connectivity index (χ1) is 14.8. The second-order valence-corrected chi connectivity index (χ2v) is 7.91. The van der Waals surface area contributed by atoms with Crippen molar-refractivity contribution in [2.75, 3.05) is 19.6 Å². The van der Waals surface area contributed by atoms with Crippen LogP contribution in [0.25, 0.3) is 0 Å². The number of benzene rings is 1. The lowest BCUT2D eigenvalue weighted by Crippen LogP contribution is -2.57. The van der Waals surface area contributed by atoms with Crippen molar-refractivity contribution in [2.24, 2.45) is 0 Å². The van der Waals surface area contributed by atoms with E-state index in [2.05, 4.69) is 11.1 Å². The molecule has 1 atom stereocenters. The van der Waals surface area contributed by atoms with Crippen molar-refractivity contribution in [3.63, 3.8) is 0 Å². The fraction of sp³-hybridized carbons (Fsp3) is 0.500. The second-order valence-electron chi connectivity index (χ2n) is 7.91. The Bertz CT molecular complexity index is 927. The zero-order valence-electron chi connectivity index (χ0n) is 18.3. The third-order valence-corrected chi connectivity index (χ3v) is 5.50. The molecule has 1 fully saturated rings. The summed E-state index contributed by atoms with van der Waals surface area (Å²) in [6.07, 6.45) is 1.60. The Morgan fingerprint density at radius 3 is 2.48 bits per heavy atom. The number of unbranched alkanes of at least 4 members (excludes halogenated alkanes) is 1. The van der Waals surface area contributed by atoms with Crippen LogP contribution in [-0.4, -0.2) is 57.1 Å². The molecular weight excluding hydrogens is 478 g/mol. The van der Waals surface area contributed by atoms with E-state index >= 15 is 0 Å². The molecule has 1 saturated heterocycles. The van der Waals surface area contributed by atoms with Crippen molar-refractivity contribution < 1.29 is 18.0 Å².